The van der Waals surface area contributed by atoms with Crippen molar-refractivity contribution in [3.8, 4) is 11.5 Å². The molecule has 0 saturated heterocycles. The van der Waals surface area contributed by atoms with Crippen LogP contribution in [0.15, 0.2) is 78.0 Å². The Hall–Kier alpha value is -4.26. The number of nitrogens with one attached hydrogen (secondary N) is 3. The normalized spacial score (nSPS) is 18.7. The number of amides is 1. The van der Waals surface area contributed by atoms with Gasteiger partial charge in [0, 0.05) is 30.3 Å². The second-order valence-corrected chi connectivity index (χ2v) is 9.09. The number of ether oxygens (including phenoxy) is 2. The largest absolute Gasteiger partial charge is 0.493 e. The predicted molar refractivity (Wildman–Crippen MR) is 141 cm³/mol. The number of carbonyl (C=O) groups excluding carboxylic acids is 2. The minimum Gasteiger partial charge on any atom is -0.493 e. The first kappa shape index (κ1) is 23.5. The van der Waals surface area contributed by atoms with Crippen molar-refractivity contribution in [2.75, 3.05) is 30.2 Å². The molecule has 0 spiro atoms. The molecule has 3 aromatic carbocycles. The minimum atomic E-state index is -0.318. The highest BCUT2D eigenvalue weighted by Gasteiger charge is 2.36. The van der Waals surface area contributed by atoms with E-state index >= 15 is 0 Å². The molecular weight excluding hydrogens is 454 g/mol. The van der Waals surface area contributed by atoms with Gasteiger partial charge < -0.3 is 25.4 Å². The number of carbonyl (C=O) groups is 2. The maximum atomic E-state index is 13.7. The first-order chi connectivity index (χ1) is 17.5. The molecule has 0 fully saturated rings. The fraction of sp³-hybridized carbons (Fsp3) is 0.241. The monoisotopic (exact) mass is 483 g/mol. The summed E-state index contributed by atoms with van der Waals surface area (Å²) in [5.74, 6) is 1.30. The summed E-state index contributed by atoms with van der Waals surface area (Å²) in [5.41, 5.74) is 6.23. The van der Waals surface area contributed by atoms with E-state index in [0.717, 1.165) is 39.5 Å². The summed E-state index contributed by atoms with van der Waals surface area (Å²) in [4.78, 5) is 25.2. The molecule has 3 aromatic rings. The Morgan fingerprint density at radius 3 is 2.28 bits per heavy atom. The molecule has 0 aromatic heterocycles. The molecular formula is C29H29N3O4. The second kappa shape index (κ2) is 9.77. The van der Waals surface area contributed by atoms with Gasteiger partial charge >= 0.3 is 0 Å². The summed E-state index contributed by atoms with van der Waals surface area (Å²) in [7, 11) is 3.23. The molecule has 1 amide bonds. The summed E-state index contributed by atoms with van der Waals surface area (Å²) in [6, 6.07) is 21.1. The van der Waals surface area contributed by atoms with Crippen LogP contribution < -0.4 is 25.4 Å². The van der Waals surface area contributed by atoms with Crippen molar-refractivity contribution in [3.05, 3.63) is 89.1 Å². The highest BCUT2D eigenvalue weighted by atomic mass is 16.5. The first-order valence-electron chi connectivity index (χ1n) is 11.9. The highest BCUT2D eigenvalue weighted by molar-refractivity contribution is 6.01. The van der Waals surface area contributed by atoms with Crippen LogP contribution in [0, 0.1) is 0 Å². The third-order valence-corrected chi connectivity index (χ3v) is 6.75. The fourth-order valence-electron chi connectivity index (χ4n) is 5.05. The van der Waals surface area contributed by atoms with Gasteiger partial charge in [0.15, 0.2) is 17.3 Å². The summed E-state index contributed by atoms with van der Waals surface area (Å²) >= 11 is 0. The van der Waals surface area contributed by atoms with Crippen LogP contribution in [0.5, 0.6) is 11.5 Å². The number of para-hydroxylation sites is 2. The van der Waals surface area contributed by atoms with Crippen molar-refractivity contribution in [3.63, 3.8) is 0 Å². The maximum absolute atomic E-state index is 13.7. The molecule has 1 aliphatic heterocycles. The van der Waals surface area contributed by atoms with Crippen LogP contribution >= 0.6 is 0 Å². The van der Waals surface area contributed by atoms with Gasteiger partial charge in [0.25, 0.3) is 0 Å². The van der Waals surface area contributed by atoms with Crippen molar-refractivity contribution in [1.82, 2.24) is 0 Å². The zero-order chi connectivity index (χ0) is 25.2. The van der Waals surface area contributed by atoms with Crippen LogP contribution in [0.4, 0.5) is 17.1 Å². The molecule has 3 N–H and O–H groups in total. The maximum Gasteiger partial charge on any atom is 0.221 e. The van der Waals surface area contributed by atoms with Gasteiger partial charge in [-0.15, -0.1) is 0 Å². The van der Waals surface area contributed by atoms with Crippen molar-refractivity contribution < 1.29 is 19.1 Å². The average molecular weight is 484 g/mol. The van der Waals surface area contributed by atoms with Gasteiger partial charge in [0.2, 0.25) is 5.91 Å². The number of methoxy groups -OCH3 is 2. The number of Topliss-reactive ketones (excluding diaryl/α,β-unsaturated/α-hetero) is 1. The fourth-order valence-corrected chi connectivity index (χ4v) is 5.05. The van der Waals surface area contributed by atoms with Crippen LogP contribution in [-0.2, 0) is 9.59 Å². The Morgan fingerprint density at radius 2 is 1.58 bits per heavy atom. The number of ketones is 1. The highest BCUT2D eigenvalue weighted by Crippen LogP contribution is 2.45. The van der Waals surface area contributed by atoms with Gasteiger partial charge in [-0.1, -0.05) is 30.3 Å². The predicted octanol–water partition coefficient (Wildman–Crippen LogP) is 5.64. The molecule has 0 radical (unpaired) electrons. The van der Waals surface area contributed by atoms with Crippen molar-refractivity contribution >= 4 is 28.8 Å². The van der Waals surface area contributed by atoms with Gasteiger partial charge in [-0.2, -0.15) is 0 Å². The van der Waals surface area contributed by atoms with Crippen LogP contribution in [0.1, 0.15) is 42.9 Å². The Kier molecular flexibility index (Phi) is 6.38. The molecule has 2 aliphatic rings. The molecule has 1 aliphatic carbocycles. The van der Waals surface area contributed by atoms with Gasteiger partial charge in [0.1, 0.15) is 0 Å². The van der Waals surface area contributed by atoms with E-state index in [4.69, 9.17) is 9.47 Å². The van der Waals surface area contributed by atoms with E-state index < -0.39 is 0 Å². The smallest absolute Gasteiger partial charge is 0.221 e. The van der Waals surface area contributed by atoms with Crippen molar-refractivity contribution in [2.24, 2.45) is 0 Å². The second-order valence-electron chi connectivity index (χ2n) is 9.09. The van der Waals surface area contributed by atoms with E-state index in [-0.39, 0.29) is 23.7 Å². The van der Waals surface area contributed by atoms with Gasteiger partial charge in [-0.25, -0.2) is 0 Å². The van der Waals surface area contributed by atoms with E-state index in [1.54, 1.807) is 14.2 Å². The van der Waals surface area contributed by atoms with Crippen LogP contribution in [0.3, 0.4) is 0 Å². The number of allylic oxidation sites excluding steroid dienone is 1. The van der Waals surface area contributed by atoms with Gasteiger partial charge in [-0.3, -0.25) is 9.59 Å². The number of anilines is 3. The Balaban J connectivity index is 1.54. The summed E-state index contributed by atoms with van der Waals surface area (Å²) in [6.45, 7) is 1.48. The number of rotatable bonds is 5. The number of benzene rings is 3. The zero-order valence-corrected chi connectivity index (χ0v) is 20.6. The van der Waals surface area contributed by atoms with Gasteiger partial charge in [0.05, 0.1) is 31.6 Å². The Morgan fingerprint density at radius 1 is 0.889 bits per heavy atom. The SMILES string of the molecule is COc1ccc([C@@H]2CC(=O)C3=C(C2)Nc2ccccc2N[C@H]3c2ccc(NC(C)=O)cc2)cc1OC. The van der Waals surface area contributed by atoms with Crippen molar-refractivity contribution in [2.45, 2.75) is 31.7 Å². The minimum absolute atomic E-state index is 0.0108. The van der Waals surface area contributed by atoms with E-state index in [2.05, 4.69) is 16.0 Å². The lowest BCUT2D eigenvalue weighted by Crippen LogP contribution is -2.26. The summed E-state index contributed by atoms with van der Waals surface area (Å²) in [5, 5.41) is 9.95. The van der Waals surface area contributed by atoms with E-state index in [9.17, 15) is 9.59 Å². The molecule has 7 nitrogen and oxygen atoms in total. The van der Waals surface area contributed by atoms with Crippen LogP contribution in [0.2, 0.25) is 0 Å². The summed E-state index contributed by atoms with van der Waals surface area (Å²) < 4.78 is 10.9. The lowest BCUT2D eigenvalue weighted by molar-refractivity contribution is -0.116. The molecule has 0 saturated carbocycles. The number of fused-ring (bicyclic) bond motifs is 1. The van der Waals surface area contributed by atoms with E-state index in [0.29, 0.717) is 24.3 Å². The number of hydrogen-bond acceptors (Lipinski definition) is 6. The standard InChI is InChI=1S/C29H29N3O4/c1-17(33)30-21-11-8-18(9-12-21)29-28-24(31-22-6-4-5-7-23(22)32-29)14-20(15-25(28)34)19-10-13-26(35-2)27(16-19)36-3/h4-13,16,20,29,31-32H,14-15H2,1-3H3,(H,30,33)/t20-,29-/m0/s1. The molecule has 1 heterocycles. The zero-order valence-electron chi connectivity index (χ0n) is 20.6. The van der Waals surface area contributed by atoms with Crippen molar-refractivity contribution in [1.29, 1.82) is 0 Å². The quantitative estimate of drug-likeness (QED) is 0.435. The Labute approximate surface area is 210 Å². The molecule has 0 bridgehead atoms. The van der Waals surface area contributed by atoms with Crippen LogP contribution in [-0.4, -0.2) is 25.9 Å². The lowest BCUT2D eigenvalue weighted by atomic mass is 9.78. The average Bonchev–Trinajstić information content (AvgIpc) is 3.05. The molecule has 184 valence electrons. The molecule has 2 atom stereocenters. The summed E-state index contributed by atoms with van der Waals surface area (Å²) in [6.07, 6.45) is 1.08. The van der Waals surface area contributed by atoms with Gasteiger partial charge in [-0.05, 0) is 59.9 Å². The van der Waals surface area contributed by atoms with Crippen LogP contribution in [0.25, 0.3) is 0 Å². The van der Waals surface area contributed by atoms with E-state index in [1.807, 2.05) is 66.7 Å². The van der Waals surface area contributed by atoms with E-state index in [1.165, 1.54) is 6.92 Å². The number of hydrogen-bond donors (Lipinski definition) is 3. The lowest BCUT2D eigenvalue weighted by Gasteiger charge is -2.30. The molecule has 7 heteroatoms. The Bertz CT molecular complexity index is 1350. The third kappa shape index (κ3) is 4.52. The molecule has 0 unspecified atom stereocenters. The third-order valence-electron chi connectivity index (χ3n) is 6.75. The topological polar surface area (TPSA) is 88.7 Å². The molecule has 5 rings (SSSR count). The molecule has 36 heavy (non-hydrogen) atoms. The first-order valence-corrected chi connectivity index (χ1v) is 11.9.